The lowest BCUT2D eigenvalue weighted by Crippen LogP contribution is -2.20. The Balaban J connectivity index is 3.19. The van der Waals surface area contributed by atoms with Crippen molar-refractivity contribution in [2.75, 3.05) is 7.11 Å². The number of aliphatic hydroxyl groups is 1. The van der Waals surface area contributed by atoms with E-state index < -0.39 is 35.2 Å². The molecule has 0 bridgehead atoms. The second-order valence-corrected chi connectivity index (χ2v) is 2.96. The molecule has 2 nitrogen and oxygen atoms in total. The standard InChI is InChI=1S/C9H7F5O2/c1-16-7-5(10)2-4(3-6(7)11)8(15)9(12,13)14/h2-3,8,15H,1H3. The molecule has 90 valence electrons. The van der Waals surface area contributed by atoms with Gasteiger partial charge in [0, 0.05) is 0 Å². The molecule has 0 fully saturated rings. The van der Waals surface area contributed by atoms with E-state index in [1.807, 2.05) is 0 Å². The van der Waals surface area contributed by atoms with Gasteiger partial charge < -0.3 is 9.84 Å². The molecule has 16 heavy (non-hydrogen) atoms. The van der Waals surface area contributed by atoms with Crippen LogP contribution in [0.3, 0.4) is 0 Å². The minimum absolute atomic E-state index is 0.375. The first-order valence-electron chi connectivity index (χ1n) is 4.05. The largest absolute Gasteiger partial charge is 0.491 e. The summed E-state index contributed by atoms with van der Waals surface area (Å²) in [7, 11) is 0.974. The van der Waals surface area contributed by atoms with Gasteiger partial charge in [-0.2, -0.15) is 13.2 Å². The van der Waals surface area contributed by atoms with Crippen LogP contribution in [0.1, 0.15) is 11.7 Å². The Hall–Kier alpha value is -1.37. The predicted octanol–water partition coefficient (Wildman–Crippen LogP) is 2.57. The van der Waals surface area contributed by atoms with Crippen LogP contribution in [0, 0.1) is 11.6 Å². The minimum Gasteiger partial charge on any atom is -0.491 e. The molecule has 0 saturated heterocycles. The van der Waals surface area contributed by atoms with Gasteiger partial charge in [-0.3, -0.25) is 0 Å². The zero-order valence-electron chi connectivity index (χ0n) is 7.98. The smallest absolute Gasteiger partial charge is 0.418 e. The number of hydrogen-bond acceptors (Lipinski definition) is 2. The zero-order chi connectivity index (χ0) is 12.5. The highest BCUT2D eigenvalue weighted by molar-refractivity contribution is 5.32. The topological polar surface area (TPSA) is 29.5 Å². The third-order valence-corrected chi connectivity index (χ3v) is 1.85. The third-order valence-electron chi connectivity index (χ3n) is 1.85. The highest BCUT2D eigenvalue weighted by atomic mass is 19.4. The van der Waals surface area contributed by atoms with Gasteiger partial charge in [-0.1, -0.05) is 0 Å². The summed E-state index contributed by atoms with van der Waals surface area (Å²) in [4.78, 5) is 0. The molecular formula is C9H7F5O2. The van der Waals surface area contributed by atoms with Gasteiger partial charge in [0.1, 0.15) is 0 Å². The maximum atomic E-state index is 13.0. The van der Waals surface area contributed by atoms with Crippen molar-refractivity contribution in [1.82, 2.24) is 0 Å². The number of benzene rings is 1. The number of rotatable bonds is 2. The van der Waals surface area contributed by atoms with Gasteiger partial charge in [0.05, 0.1) is 7.11 Å². The van der Waals surface area contributed by atoms with Crippen molar-refractivity contribution < 1.29 is 31.8 Å². The highest BCUT2D eigenvalue weighted by Gasteiger charge is 2.40. The lowest BCUT2D eigenvalue weighted by Gasteiger charge is -2.15. The van der Waals surface area contributed by atoms with E-state index in [-0.39, 0.29) is 0 Å². The molecule has 0 heterocycles. The van der Waals surface area contributed by atoms with Crippen LogP contribution in [0.2, 0.25) is 0 Å². The Kier molecular flexibility index (Phi) is 3.37. The molecule has 1 aromatic rings. The van der Waals surface area contributed by atoms with Crippen molar-refractivity contribution in [2.24, 2.45) is 0 Å². The number of methoxy groups -OCH3 is 1. The first-order valence-corrected chi connectivity index (χ1v) is 4.05. The van der Waals surface area contributed by atoms with Crippen LogP contribution in [0.5, 0.6) is 5.75 Å². The summed E-state index contributed by atoms with van der Waals surface area (Å²) in [6, 6.07) is 0.750. The lowest BCUT2D eigenvalue weighted by molar-refractivity contribution is -0.206. The number of hydrogen-bond donors (Lipinski definition) is 1. The van der Waals surface area contributed by atoms with E-state index in [1.165, 1.54) is 0 Å². The summed E-state index contributed by atoms with van der Waals surface area (Å²) in [5.41, 5.74) is -0.914. The van der Waals surface area contributed by atoms with Crippen molar-refractivity contribution in [3.8, 4) is 5.75 Å². The highest BCUT2D eigenvalue weighted by Crippen LogP contribution is 2.35. The third kappa shape index (κ3) is 2.41. The van der Waals surface area contributed by atoms with Crippen LogP contribution in [0.25, 0.3) is 0 Å². The second-order valence-electron chi connectivity index (χ2n) is 2.96. The van der Waals surface area contributed by atoms with E-state index in [2.05, 4.69) is 4.74 Å². The van der Waals surface area contributed by atoms with Crippen LogP contribution in [-0.2, 0) is 0 Å². The van der Waals surface area contributed by atoms with Gasteiger partial charge in [-0.15, -0.1) is 0 Å². The van der Waals surface area contributed by atoms with Gasteiger partial charge in [-0.25, -0.2) is 8.78 Å². The molecule has 1 atom stereocenters. The van der Waals surface area contributed by atoms with Crippen LogP contribution in [0.4, 0.5) is 22.0 Å². The molecule has 1 aromatic carbocycles. The number of alkyl halides is 3. The van der Waals surface area contributed by atoms with Crippen LogP contribution >= 0.6 is 0 Å². The monoisotopic (exact) mass is 242 g/mol. The summed E-state index contributed by atoms with van der Waals surface area (Å²) in [6.07, 6.45) is -7.91. The average molecular weight is 242 g/mol. The van der Waals surface area contributed by atoms with E-state index in [1.54, 1.807) is 0 Å². The van der Waals surface area contributed by atoms with Crippen molar-refractivity contribution in [1.29, 1.82) is 0 Å². The maximum absolute atomic E-state index is 13.0. The van der Waals surface area contributed by atoms with E-state index in [4.69, 9.17) is 5.11 Å². The Labute approximate surface area is 87.3 Å². The molecule has 0 aliphatic heterocycles. The number of aliphatic hydroxyl groups excluding tert-OH is 1. The van der Waals surface area contributed by atoms with Gasteiger partial charge in [0.2, 0.25) is 0 Å². The van der Waals surface area contributed by atoms with Gasteiger partial charge in [0.15, 0.2) is 23.5 Å². The summed E-state index contributed by atoms with van der Waals surface area (Å²) in [5.74, 6) is -3.40. The Morgan fingerprint density at radius 2 is 1.62 bits per heavy atom. The predicted molar refractivity (Wildman–Crippen MR) is 43.9 cm³/mol. The molecule has 0 aromatic heterocycles. The van der Waals surface area contributed by atoms with Crippen LogP contribution in [-0.4, -0.2) is 18.4 Å². The molecule has 0 aliphatic carbocycles. The van der Waals surface area contributed by atoms with Gasteiger partial charge >= 0.3 is 6.18 Å². The normalized spacial score (nSPS) is 13.7. The molecule has 7 heteroatoms. The molecule has 0 amide bonds. The summed E-state index contributed by atoms with van der Waals surface area (Å²) in [6.45, 7) is 0. The van der Waals surface area contributed by atoms with Crippen LogP contribution in [0.15, 0.2) is 12.1 Å². The second kappa shape index (κ2) is 4.25. The first kappa shape index (κ1) is 12.7. The van der Waals surface area contributed by atoms with E-state index in [0.717, 1.165) is 7.11 Å². The SMILES string of the molecule is COc1c(F)cc(C(O)C(F)(F)F)cc1F. The Morgan fingerprint density at radius 3 is 1.94 bits per heavy atom. The molecule has 0 spiro atoms. The Bertz CT molecular complexity index is 365. The summed E-state index contributed by atoms with van der Waals surface area (Å²) in [5, 5.41) is 8.77. The molecule has 0 aliphatic rings. The van der Waals surface area contributed by atoms with Gasteiger partial charge in [-0.05, 0) is 17.7 Å². The quantitative estimate of drug-likeness (QED) is 0.807. The van der Waals surface area contributed by atoms with E-state index in [9.17, 15) is 22.0 Å². The Morgan fingerprint density at radius 1 is 1.19 bits per heavy atom. The fourth-order valence-corrected chi connectivity index (χ4v) is 1.12. The van der Waals surface area contributed by atoms with Gasteiger partial charge in [0.25, 0.3) is 0 Å². The molecular weight excluding hydrogens is 235 g/mol. The van der Waals surface area contributed by atoms with E-state index >= 15 is 0 Å². The molecule has 1 unspecified atom stereocenters. The zero-order valence-corrected chi connectivity index (χ0v) is 7.98. The number of halogens is 5. The fourth-order valence-electron chi connectivity index (χ4n) is 1.12. The average Bonchev–Trinajstić information content (AvgIpc) is 2.14. The fraction of sp³-hybridized carbons (Fsp3) is 0.333. The van der Waals surface area contributed by atoms with Crippen molar-refractivity contribution in [3.63, 3.8) is 0 Å². The van der Waals surface area contributed by atoms with Crippen molar-refractivity contribution in [2.45, 2.75) is 12.3 Å². The first-order chi connectivity index (χ1) is 7.27. The van der Waals surface area contributed by atoms with Crippen molar-refractivity contribution >= 4 is 0 Å². The van der Waals surface area contributed by atoms with Crippen LogP contribution < -0.4 is 4.74 Å². The molecule has 1 rings (SSSR count). The summed E-state index contributed by atoms with van der Waals surface area (Å²) < 4.78 is 66.5. The minimum atomic E-state index is -4.98. The maximum Gasteiger partial charge on any atom is 0.418 e. The molecule has 1 N–H and O–H groups in total. The summed E-state index contributed by atoms with van der Waals surface area (Å²) >= 11 is 0. The van der Waals surface area contributed by atoms with E-state index in [0.29, 0.717) is 12.1 Å². The number of ether oxygens (including phenoxy) is 1. The lowest BCUT2D eigenvalue weighted by atomic mass is 10.1. The van der Waals surface area contributed by atoms with Crippen molar-refractivity contribution in [3.05, 3.63) is 29.3 Å². The molecule has 0 radical (unpaired) electrons. The molecule has 0 saturated carbocycles.